The third kappa shape index (κ3) is 3.15. The van der Waals surface area contributed by atoms with Gasteiger partial charge in [0.25, 0.3) is 0 Å². The average molecular weight is 289 g/mol. The Morgan fingerprint density at radius 2 is 1.77 bits per heavy atom. The zero-order valence-corrected chi connectivity index (χ0v) is 12.1. The number of hydrazone groups is 1. The van der Waals surface area contributed by atoms with E-state index in [2.05, 4.69) is 25.5 Å². The van der Waals surface area contributed by atoms with Gasteiger partial charge in [0.05, 0.1) is 5.71 Å². The second-order valence-corrected chi connectivity index (χ2v) is 4.70. The number of nitrogens with one attached hydrogen (secondary N) is 1. The zero-order valence-electron chi connectivity index (χ0n) is 12.1. The third-order valence-corrected chi connectivity index (χ3v) is 3.22. The molecule has 1 N–H and O–H groups in total. The molecule has 0 fully saturated rings. The summed E-state index contributed by atoms with van der Waals surface area (Å²) in [6.07, 6.45) is 6.77. The van der Waals surface area contributed by atoms with Crippen LogP contribution in [0.4, 0.5) is 5.82 Å². The van der Waals surface area contributed by atoms with Gasteiger partial charge in [0, 0.05) is 29.7 Å². The van der Waals surface area contributed by atoms with Crippen molar-refractivity contribution in [2.24, 2.45) is 5.10 Å². The maximum atomic E-state index is 4.40. The molecule has 0 bridgehead atoms. The quantitative estimate of drug-likeness (QED) is 0.591. The normalized spacial score (nSPS) is 11.2. The van der Waals surface area contributed by atoms with Crippen LogP contribution in [0.1, 0.15) is 12.5 Å². The molecule has 5 heteroatoms. The molecule has 0 saturated heterocycles. The summed E-state index contributed by atoms with van der Waals surface area (Å²) in [6, 6.07) is 13.8. The minimum Gasteiger partial charge on any atom is -0.265 e. The molecule has 5 nitrogen and oxygen atoms in total. The first-order chi connectivity index (χ1) is 10.8. The van der Waals surface area contributed by atoms with Crippen molar-refractivity contribution in [3.05, 3.63) is 72.9 Å². The van der Waals surface area contributed by atoms with Crippen LogP contribution in [0, 0.1) is 0 Å². The summed E-state index contributed by atoms with van der Waals surface area (Å²) < 4.78 is 0. The molecular weight excluding hydrogens is 274 g/mol. The second kappa shape index (κ2) is 6.58. The number of benzene rings is 1. The van der Waals surface area contributed by atoms with Crippen molar-refractivity contribution in [2.45, 2.75) is 6.92 Å². The molecule has 3 aromatic rings. The molecule has 0 aliphatic rings. The lowest BCUT2D eigenvalue weighted by atomic mass is 10.1. The monoisotopic (exact) mass is 289 g/mol. The van der Waals surface area contributed by atoms with Crippen LogP contribution < -0.4 is 5.43 Å². The second-order valence-electron chi connectivity index (χ2n) is 4.70. The van der Waals surface area contributed by atoms with E-state index in [-0.39, 0.29) is 0 Å². The first-order valence-corrected chi connectivity index (χ1v) is 6.91. The van der Waals surface area contributed by atoms with E-state index in [4.69, 9.17) is 0 Å². The van der Waals surface area contributed by atoms with Crippen molar-refractivity contribution in [2.75, 3.05) is 5.43 Å². The van der Waals surface area contributed by atoms with Gasteiger partial charge in [0.15, 0.2) is 5.82 Å². The lowest BCUT2D eigenvalue weighted by molar-refractivity contribution is 1.14. The van der Waals surface area contributed by atoms with Crippen LogP contribution in [0.3, 0.4) is 0 Å². The Hall–Kier alpha value is -3.08. The predicted octanol–water partition coefficient (Wildman–Crippen LogP) is 3.37. The van der Waals surface area contributed by atoms with E-state index in [1.54, 1.807) is 18.6 Å². The van der Waals surface area contributed by atoms with Crippen LogP contribution in [-0.2, 0) is 0 Å². The van der Waals surface area contributed by atoms with E-state index in [1.165, 1.54) is 6.33 Å². The molecule has 1 aromatic carbocycles. The van der Waals surface area contributed by atoms with Gasteiger partial charge >= 0.3 is 0 Å². The Labute approximate surface area is 128 Å². The van der Waals surface area contributed by atoms with Gasteiger partial charge < -0.3 is 0 Å². The van der Waals surface area contributed by atoms with Crippen molar-refractivity contribution in [3.8, 4) is 11.1 Å². The van der Waals surface area contributed by atoms with Crippen molar-refractivity contribution < 1.29 is 0 Å². The van der Waals surface area contributed by atoms with Crippen LogP contribution >= 0.6 is 0 Å². The third-order valence-electron chi connectivity index (χ3n) is 3.22. The van der Waals surface area contributed by atoms with Crippen LogP contribution in [0.15, 0.2) is 72.5 Å². The molecule has 0 unspecified atom stereocenters. The molecule has 0 radical (unpaired) electrons. The largest absolute Gasteiger partial charge is 0.265 e. The van der Waals surface area contributed by atoms with Crippen molar-refractivity contribution in [1.82, 2.24) is 15.0 Å². The van der Waals surface area contributed by atoms with Crippen molar-refractivity contribution in [3.63, 3.8) is 0 Å². The smallest absolute Gasteiger partial charge is 0.157 e. The summed E-state index contributed by atoms with van der Waals surface area (Å²) in [4.78, 5) is 12.4. The Balaban J connectivity index is 1.88. The van der Waals surface area contributed by atoms with Crippen LogP contribution in [0.2, 0.25) is 0 Å². The fourth-order valence-corrected chi connectivity index (χ4v) is 2.04. The van der Waals surface area contributed by atoms with Crippen LogP contribution in [0.5, 0.6) is 0 Å². The Morgan fingerprint density at radius 1 is 1.00 bits per heavy atom. The van der Waals surface area contributed by atoms with E-state index < -0.39 is 0 Å². The standard InChI is InChI=1S/C17H15N5/c1-13(14-7-9-18-10-8-14)21-22-17-16(11-19-12-20-17)15-5-3-2-4-6-15/h2-12H,1H3,(H,19,20,22). The Morgan fingerprint density at radius 3 is 2.55 bits per heavy atom. The van der Waals surface area contributed by atoms with Gasteiger partial charge in [-0.2, -0.15) is 5.10 Å². The van der Waals surface area contributed by atoms with Gasteiger partial charge in [-0.25, -0.2) is 9.97 Å². The highest BCUT2D eigenvalue weighted by atomic mass is 15.3. The number of rotatable bonds is 4. The molecule has 0 amide bonds. The van der Waals surface area contributed by atoms with E-state index in [0.29, 0.717) is 5.82 Å². The highest BCUT2D eigenvalue weighted by Crippen LogP contribution is 2.24. The Bertz CT molecular complexity index is 769. The van der Waals surface area contributed by atoms with Gasteiger partial charge in [-0.05, 0) is 24.6 Å². The maximum Gasteiger partial charge on any atom is 0.157 e. The molecule has 22 heavy (non-hydrogen) atoms. The van der Waals surface area contributed by atoms with Gasteiger partial charge in [-0.3, -0.25) is 10.4 Å². The molecule has 2 aromatic heterocycles. The number of hydrogen-bond acceptors (Lipinski definition) is 5. The number of aromatic nitrogens is 3. The number of hydrogen-bond donors (Lipinski definition) is 1. The van der Waals surface area contributed by atoms with Gasteiger partial charge in [-0.15, -0.1) is 0 Å². The number of anilines is 1. The average Bonchev–Trinajstić information content (AvgIpc) is 2.61. The molecule has 2 heterocycles. The highest BCUT2D eigenvalue weighted by molar-refractivity contribution is 5.99. The van der Waals surface area contributed by atoms with E-state index in [9.17, 15) is 0 Å². The predicted molar refractivity (Wildman–Crippen MR) is 87.5 cm³/mol. The molecule has 0 saturated carbocycles. The fourth-order valence-electron chi connectivity index (χ4n) is 2.04. The topological polar surface area (TPSA) is 63.1 Å². The van der Waals surface area contributed by atoms with Gasteiger partial charge in [-0.1, -0.05) is 30.3 Å². The molecule has 0 aliphatic carbocycles. The molecule has 0 spiro atoms. The summed E-state index contributed by atoms with van der Waals surface area (Å²) >= 11 is 0. The SMILES string of the molecule is CC(=NNc1ncncc1-c1ccccc1)c1ccncc1. The highest BCUT2D eigenvalue weighted by Gasteiger charge is 2.06. The van der Waals surface area contributed by atoms with Crippen LogP contribution in [-0.4, -0.2) is 20.7 Å². The van der Waals surface area contributed by atoms with Crippen molar-refractivity contribution in [1.29, 1.82) is 0 Å². The van der Waals surface area contributed by atoms with Crippen molar-refractivity contribution >= 4 is 11.5 Å². The summed E-state index contributed by atoms with van der Waals surface area (Å²) in [5.74, 6) is 0.676. The summed E-state index contributed by atoms with van der Waals surface area (Å²) in [7, 11) is 0. The van der Waals surface area contributed by atoms with Gasteiger partial charge in [0.2, 0.25) is 0 Å². The number of nitrogens with zero attached hydrogens (tertiary/aromatic N) is 4. The van der Waals surface area contributed by atoms with E-state index >= 15 is 0 Å². The van der Waals surface area contributed by atoms with Gasteiger partial charge in [0.1, 0.15) is 6.33 Å². The fraction of sp³-hybridized carbons (Fsp3) is 0.0588. The summed E-state index contributed by atoms with van der Waals surface area (Å²) in [5, 5.41) is 4.40. The minimum atomic E-state index is 0.676. The zero-order chi connectivity index (χ0) is 15.2. The minimum absolute atomic E-state index is 0.676. The summed E-state index contributed by atoms with van der Waals surface area (Å²) in [5.41, 5.74) is 6.85. The van der Waals surface area contributed by atoms with E-state index in [1.807, 2.05) is 49.4 Å². The maximum absolute atomic E-state index is 4.40. The Kier molecular flexibility index (Phi) is 4.15. The molecule has 3 rings (SSSR count). The molecule has 0 atom stereocenters. The lowest BCUT2D eigenvalue weighted by Gasteiger charge is -2.08. The van der Waals surface area contributed by atoms with E-state index in [0.717, 1.165) is 22.4 Å². The number of pyridine rings is 1. The summed E-state index contributed by atoms with van der Waals surface area (Å²) in [6.45, 7) is 1.94. The molecule has 108 valence electrons. The molecular formula is C17H15N5. The lowest BCUT2D eigenvalue weighted by Crippen LogP contribution is -2.02. The molecule has 0 aliphatic heterocycles. The van der Waals surface area contributed by atoms with Crippen LogP contribution in [0.25, 0.3) is 11.1 Å². The first-order valence-electron chi connectivity index (χ1n) is 6.91. The first kappa shape index (κ1) is 13.9.